The third-order valence-corrected chi connectivity index (χ3v) is 4.29. The molecule has 0 unspecified atom stereocenters. The smallest absolute Gasteiger partial charge is 0.282 e. The molecule has 1 fully saturated rings. The molecule has 2 heterocycles. The van der Waals surface area contributed by atoms with Gasteiger partial charge in [0.2, 0.25) is 0 Å². The van der Waals surface area contributed by atoms with Crippen molar-refractivity contribution in [3.05, 3.63) is 71.9 Å². The van der Waals surface area contributed by atoms with Gasteiger partial charge in [0.25, 0.3) is 11.8 Å². The number of hydrazine groups is 1. The first-order valence-electron chi connectivity index (χ1n) is 8.12. The molecule has 5 heteroatoms. The fourth-order valence-corrected chi connectivity index (χ4v) is 3.09. The molecule has 2 aromatic carbocycles. The maximum absolute atomic E-state index is 12.7. The fraction of sp³-hybridized carbons (Fsp3) is 0.0476. The van der Waals surface area contributed by atoms with Gasteiger partial charge < -0.3 is 4.57 Å². The number of carbonyl (C=O) groups excluding carboxylic acids is 2. The average molecular weight is 341 g/mol. The molecule has 1 aliphatic rings. The number of aromatic nitrogens is 1. The summed E-state index contributed by atoms with van der Waals surface area (Å²) in [6.07, 6.45) is 8.93. The first-order chi connectivity index (χ1) is 12.7. The van der Waals surface area contributed by atoms with E-state index in [9.17, 15) is 9.59 Å². The highest BCUT2D eigenvalue weighted by Crippen LogP contribution is 2.26. The lowest BCUT2D eigenvalue weighted by molar-refractivity contribution is -0.117. The molecule has 5 nitrogen and oxygen atoms in total. The predicted molar refractivity (Wildman–Crippen MR) is 101 cm³/mol. The number of nitrogens with one attached hydrogen (secondary N) is 1. The second-order valence-corrected chi connectivity index (χ2v) is 5.91. The summed E-state index contributed by atoms with van der Waals surface area (Å²) in [6.45, 7) is 0.417. The number of para-hydroxylation sites is 2. The number of fused-ring (bicyclic) bond motifs is 1. The number of terminal acetylenes is 1. The standard InChI is InChI=1S/C21H15N3O2/c1-2-12-23-14-15(17-10-6-7-11-19(17)23)13-18-20(25)22-24(21(18)26)16-8-4-3-5-9-16/h1,3-11,13-14H,12H2,(H,22,25). The van der Waals surface area contributed by atoms with Crippen LogP contribution in [0.4, 0.5) is 5.69 Å². The second-order valence-electron chi connectivity index (χ2n) is 5.91. The summed E-state index contributed by atoms with van der Waals surface area (Å²) >= 11 is 0. The van der Waals surface area contributed by atoms with Crippen LogP contribution in [0.25, 0.3) is 17.0 Å². The van der Waals surface area contributed by atoms with Gasteiger partial charge in [0.1, 0.15) is 5.57 Å². The lowest BCUT2D eigenvalue weighted by atomic mass is 10.1. The Morgan fingerprint density at radius 1 is 1.04 bits per heavy atom. The minimum absolute atomic E-state index is 0.0949. The summed E-state index contributed by atoms with van der Waals surface area (Å²) in [6, 6.07) is 16.7. The zero-order valence-corrected chi connectivity index (χ0v) is 13.8. The van der Waals surface area contributed by atoms with Crippen molar-refractivity contribution >= 4 is 34.5 Å². The lowest BCUT2D eigenvalue weighted by Gasteiger charge is -2.13. The summed E-state index contributed by atoms with van der Waals surface area (Å²) in [5.74, 6) is 1.81. The van der Waals surface area contributed by atoms with Gasteiger partial charge in [-0.1, -0.05) is 42.3 Å². The Labute approximate surface area is 150 Å². The molecule has 3 aromatic rings. The van der Waals surface area contributed by atoms with Crippen LogP contribution in [0.5, 0.6) is 0 Å². The van der Waals surface area contributed by atoms with E-state index < -0.39 is 5.91 Å². The van der Waals surface area contributed by atoms with Gasteiger partial charge in [0.05, 0.1) is 12.2 Å². The van der Waals surface area contributed by atoms with E-state index in [1.807, 2.05) is 53.2 Å². The molecule has 126 valence electrons. The lowest BCUT2D eigenvalue weighted by Crippen LogP contribution is -2.35. The first kappa shape index (κ1) is 15.7. The number of nitrogens with zero attached hydrogens (tertiary/aromatic N) is 2. The first-order valence-corrected chi connectivity index (χ1v) is 8.12. The molecule has 1 aromatic heterocycles. The average Bonchev–Trinajstić information content (AvgIpc) is 3.16. The highest BCUT2D eigenvalue weighted by molar-refractivity contribution is 6.32. The van der Waals surface area contributed by atoms with E-state index in [-0.39, 0.29) is 11.5 Å². The van der Waals surface area contributed by atoms with Crippen molar-refractivity contribution in [1.29, 1.82) is 0 Å². The number of rotatable bonds is 3. The van der Waals surface area contributed by atoms with Crippen molar-refractivity contribution in [2.75, 3.05) is 5.01 Å². The van der Waals surface area contributed by atoms with Crippen molar-refractivity contribution in [3.8, 4) is 12.3 Å². The maximum atomic E-state index is 12.7. The largest absolute Gasteiger partial charge is 0.335 e. The molecular formula is C21H15N3O2. The molecule has 0 aliphatic carbocycles. The van der Waals surface area contributed by atoms with Gasteiger partial charge in [-0.25, -0.2) is 5.01 Å². The number of amides is 2. The van der Waals surface area contributed by atoms with Crippen LogP contribution < -0.4 is 10.4 Å². The van der Waals surface area contributed by atoms with Crippen molar-refractivity contribution in [2.45, 2.75) is 6.54 Å². The molecule has 0 bridgehead atoms. The van der Waals surface area contributed by atoms with Crippen molar-refractivity contribution in [3.63, 3.8) is 0 Å². The zero-order chi connectivity index (χ0) is 18.1. The quantitative estimate of drug-likeness (QED) is 0.452. The van der Waals surface area contributed by atoms with Crippen molar-refractivity contribution in [1.82, 2.24) is 9.99 Å². The minimum atomic E-state index is -0.423. The molecule has 0 atom stereocenters. The van der Waals surface area contributed by atoms with Crippen molar-refractivity contribution < 1.29 is 9.59 Å². The van der Waals surface area contributed by atoms with E-state index >= 15 is 0 Å². The van der Waals surface area contributed by atoms with Gasteiger partial charge in [-0.05, 0) is 24.3 Å². The Morgan fingerprint density at radius 2 is 1.77 bits per heavy atom. The van der Waals surface area contributed by atoms with Gasteiger partial charge in [0, 0.05) is 22.7 Å². The molecule has 4 rings (SSSR count). The molecule has 1 saturated heterocycles. The van der Waals surface area contributed by atoms with Crippen molar-refractivity contribution in [2.24, 2.45) is 0 Å². The van der Waals surface area contributed by atoms with Gasteiger partial charge in [-0.2, -0.15) is 0 Å². The van der Waals surface area contributed by atoms with E-state index in [1.165, 1.54) is 5.01 Å². The predicted octanol–water partition coefficient (Wildman–Crippen LogP) is 2.74. The molecule has 0 radical (unpaired) electrons. The fourth-order valence-electron chi connectivity index (χ4n) is 3.09. The zero-order valence-electron chi connectivity index (χ0n) is 13.8. The second kappa shape index (κ2) is 6.26. The van der Waals surface area contributed by atoms with E-state index in [4.69, 9.17) is 6.42 Å². The number of benzene rings is 2. The highest BCUT2D eigenvalue weighted by atomic mass is 16.2. The third kappa shape index (κ3) is 2.54. The van der Waals surface area contributed by atoms with Crippen LogP contribution in [-0.4, -0.2) is 16.4 Å². The monoisotopic (exact) mass is 341 g/mol. The van der Waals surface area contributed by atoms with E-state index in [1.54, 1.807) is 18.2 Å². The molecule has 2 amide bonds. The topological polar surface area (TPSA) is 54.3 Å². The Hall–Kier alpha value is -3.78. The van der Waals surface area contributed by atoms with Crippen LogP contribution in [0, 0.1) is 12.3 Å². The number of hydrogen-bond donors (Lipinski definition) is 1. The van der Waals surface area contributed by atoms with Gasteiger partial charge in [-0.15, -0.1) is 6.42 Å². The Morgan fingerprint density at radius 3 is 2.54 bits per heavy atom. The normalized spacial score (nSPS) is 15.5. The number of carbonyl (C=O) groups is 2. The molecule has 1 aliphatic heterocycles. The Kier molecular flexibility index (Phi) is 3.79. The van der Waals surface area contributed by atoms with E-state index in [2.05, 4.69) is 11.3 Å². The summed E-state index contributed by atoms with van der Waals surface area (Å²) in [7, 11) is 0. The minimum Gasteiger partial charge on any atom is -0.335 e. The molecule has 0 spiro atoms. The SMILES string of the molecule is C#CCn1cc(C=C2C(=O)NN(c3ccccc3)C2=O)c2ccccc21. The van der Waals surface area contributed by atoms with Crippen LogP contribution in [0.15, 0.2) is 66.4 Å². The van der Waals surface area contributed by atoms with Crippen LogP contribution in [-0.2, 0) is 16.1 Å². The molecule has 0 saturated carbocycles. The summed E-state index contributed by atoms with van der Waals surface area (Å²) < 4.78 is 1.92. The Bertz CT molecular complexity index is 1090. The van der Waals surface area contributed by atoms with Gasteiger partial charge in [-0.3, -0.25) is 15.0 Å². The molecule has 26 heavy (non-hydrogen) atoms. The molecule has 1 N–H and O–H groups in total. The maximum Gasteiger partial charge on any atom is 0.282 e. The number of hydrogen-bond acceptors (Lipinski definition) is 2. The summed E-state index contributed by atoms with van der Waals surface area (Å²) in [5, 5.41) is 2.20. The van der Waals surface area contributed by atoms with E-state index in [0.29, 0.717) is 12.2 Å². The van der Waals surface area contributed by atoms with Gasteiger partial charge in [0.15, 0.2) is 0 Å². The van der Waals surface area contributed by atoms with Crippen LogP contribution in [0.1, 0.15) is 5.56 Å². The van der Waals surface area contributed by atoms with Gasteiger partial charge >= 0.3 is 0 Å². The number of anilines is 1. The Balaban J connectivity index is 1.77. The highest BCUT2D eigenvalue weighted by Gasteiger charge is 2.34. The van der Waals surface area contributed by atoms with Crippen LogP contribution >= 0.6 is 0 Å². The van der Waals surface area contributed by atoms with Crippen LogP contribution in [0.3, 0.4) is 0 Å². The summed E-state index contributed by atoms with van der Waals surface area (Å²) in [5.41, 5.74) is 5.06. The van der Waals surface area contributed by atoms with E-state index in [0.717, 1.165) is 16.5 Å². The van der Waals surface area contributed by atoms with Crippen LogP contribution in [0.2, 0.25) is 0 Å². The summed E-state index contributed by atoms with van der Waals surface area (Å²) in [4.78, 5) is 25.1. The third-order valence-electron chi connectivity index (χ3n) is 4.29. The molecular weight excluding hydrogens is 326 g/mol.